The average molecular weight is 542 g/mol. The summed E-state index contributed by atoms with van der Waals surface area (Å²) in [6.45, 7) is 0.493. The average Bonchev–Trinajstić information content (AvgIpc) is 3.74. The van der Waals surface area contributed by atoms with Crippen LogP contribution < -0.4 is 10.4 Å². The molecule has 10 heteroatoms. The zero-order valence-electron chi connectivity index (χ0n) is 20.8. The lowest BCUT2D eigenvalue weighted by Gasteiger charge is -2.33. The lowest BCUT2D eigenvalue weighted by atomic mass is 10.0. The highest BCUT2D eigenvalue weighted by atomic mass is 35.5. The predicted molar refractivity (Wildman–Crippen MR) is 145 cm³/mol. The van der Waals surface area contributed by atoms with Gasteiger partial charge in [0.1, 0.15) is 6.04 Å². The Balaban J connectivity index is 1.25. The maximum absolute atomic E-state index is 12.8. The Labute approximate surface area is 230 Å². The zero-order chi connectivity index (χ0) is 27.4. The third-order valence-electron chi connectivity index (χ3n) is 6.90. The zero-order valence-corrected chi connectivity index (χ0v) is 21.5. The van der Waals surface area contributed by atoms with Crippen molar-refractivity contribution in [3.63, 3.8) is 0 Å². The molecule has 5 rings (SSSR count). The minimum Gasteiger partial charge on any atom is -0.480 e. The molecule has 0 bridgehead atoms. The van der Waals surface area contributed by atoms with Crippen molar-refractivity contribution in [2.24, 2.45) is 11.8 Å². The summed E-state index contributed by atoms with van der Waals surface area (Å²) in [7, 11) is 0. The standard InChI is InChI=1S/C29H24ClN5O4/c30-34-33-27(36)22-16-25(32-24-12-13-31-17-23(22)24)19-10-8-18(9-11-19)5-1-2-6-20-15-21(20)28(37)35-14-4-3-7-26(35)29(38)39/h8-13,16-17,20-21,26,34H,3-4,7,14-15H2,(H,33,36)(H,38,39). The number of aromatic nitrogens is 2. The molecule has 2 amide bonds. The van der Waals surface area contributed by atoms with E-state index >= 15 is 0 Å². The van der Waals surface area contributed by atoms with E-state index in [9.17, 15) is 19.5 Å². The number of nitrogens with zero attached hydrogens (tertiary/aromatic N) is 3. The normalized spacial score (nSPS) is 19.7. The number of carbonyl (C=O) groups is 3. The molecule has 39 heavy (non-hydrogen) atoms. The van der Waals surface area contributed by atoms with Crippen LogP contribution in [0.4, 0.5) is 0 Å². The maximum Gasteiger partial charge on any atom is 0.326 e. The Morgan fingerprint density at radius 3 is 2.69 bits per heavy atom. The number of aliphatic carboxylic acids is 1. The van der Waals surface area contributed by atoms with Crippen LogP contribution >= 0.6 is 11.8 Å². The Bertz CT molecular complexity index is 1570. The van der Waals surface area contributed by atoms with E-state index in [1.54, 1.807) is 24.5 Å². The van der Waals surface area contributed by atoms with Gasteiger partial charge >= 0.3 is 5.97 Å². The Morgan fingerprint density at radius 2 is 1.92 bits per heavy atom. The second-order valence-electron chi connectivity index (χ2n) is 9.42. The van der Waals surface area contributed by atoms with Crippen LogP contribution in [0.1, 0.15) is 41.6 Å². The van der Waals surface area contributed by atoms with Crippen LogP contribution in [0.25, 0.3) is 22.2 Å². The number of hydrogen-bond acceptors (Lipinski definition) is 6. The number of rotatable bonds is 5. The molecule has 3 unspecified atom stereocenters. The van der Waals surface area contributed by atoms with Gasteiger partial charge in [0.2, 0.25) is 5.91 Å². The summed E-state index contributed by atoms with van der Waals surface area (Å²) in [5.41, 5.74) is 5.52. The van der Waals surface area contributed by atoms with E-state index in [0.717, 1.165) is 24.0 Å². The fraction of sp³-hybridized carbons (Fsp3) is 0.276. The number of hydrazine groups is 1. The van der Waals surface area contributed by atoms with Gasteiger partial charge < -0.3 is 10.0 Å². The second-order valence-corrected chi connectivity index (χ2v) is 9.61. The summed E-state index contributed by atoms with van der Waals surface area (Å²) in [4.78, 5) is 49.1. The van der Waals surface area contributed by atoms with Gasteiger partial charge in [0, 0.05) is 41.4 Å². The van der Waals surface area contributed by atoms with E-state index in [0.29, 0.717) is 41.5 Å². The molecule has 3 atom stereocenters. The fourth-order valence-electron chi connectivity index (χ4n) is 4.76. The second kappa shape index (κ2) is 11.5. The van der Waals surface area contributed by atoms with Crippen LogP contribution in [0.15, 0.2) is 48.8 Å². The lowest BCUT2D eigenvalue weighted by Crippen LogP contribution is -2.48. The van der Waals surface area contributed by atoms with Gasteiger partial charge in [-0.25, -0.2) is 9.78 Å². The molecule has 1 aromatic carbocycles. The molecule has 1 saturated carbocycles. The van der Waals surface area contributed by atoms with Crippen LogP contribution in [-0.2, 0) is 9.59 Å². The highest BCUT2D eigenvalue weighted by Crippen LogP contribution is 2.40. The number of carbonyl (C=O) groups excluding carboxylic acids is 2. The van der Waals surface area contributed by atoms with Gasteiger partial charge in [-0.15, -0.1) is 4.94 Å². The molecule has 0 spiro atoms. The number of nitrogens with one attached hydrogen (secondary N) is 2. The number of benzene rings is 1. The molecule has 1 aliphatic carbocycles. The first-order valence-electron chi connectivity index (χ1n) is 12.5. The molecule has 3 heterocycles. The molecule has 196 valence electrons. The van der Waals surface area contributed by atoms with E-state index in [1.165, 1.54) is 4.90 Å². The third kappa shape index (κ3) is 5.85. The van der Waals surface area contributed by atoms with Gasteiger partial charge in [-0.3, -0.25) is 20.0 Å². The van der Waals surface area contributed by atoms with E-state index in [1.807, 2.05) is 24.3 Å². The summed E-state index contributed by atoms with van der Waals surface area (Å²) in [6, 6.07) is 10.1. The molecule has 3 aromatic rings. The van der Waals surface area contributed by atoms with Crippen LogP contribution in [0.2, 0.25) is 0 Å². The van der Waals surface area contributed by atoms with Gasteiger partial charge in [-0.2, -0.15) is 0 Å². The highest BCUT2D eigenvalue weighted by Gasteiger charge is 2.46. The first-order valence-corrected chi connectivity index (χ1v) is 12.9. The number of likely N-dealkylation sites (tertiary alicyclic amines) is 1. The van der Waals surface area contributed by atoms with Crippen molar-refractivity contribution in [2.45, 2.75) is 31.7 Å². The summed E-state index contributed by atoms with van der Waals surface area (Å²) in [5, 5.41) is 10.0. The number of hydrogen-bond donors (Lipinski definition) is 3. The van der Waals surface area contributed by atoms with Crippen molar-refractivity contribution in [3.05, 3.63) is 59.9 Å². The molecule has 0 radical (unpaired) electrons. The number of piperidine rings is 1. The Hall–Kier alpha value is -4.44. The molecule has 3 N–H and O–H groups in total. The maximum atomic E-state index is 12.8. The molecular formula is C29H24ClN5O4. The SMILES string of the molecule is O=C(NNCl)c1cc(-c2ccc(C#CC#CC3CC3C(=O)N3CCCCC3C(=O)O)cc2)nc2ccncc12. The number of carboxylic acid groups (broad SMARTS) is 1. The van der Waals surface area contributed by atoms with E-state index in [2.05, 4.69) is 44.0 Å². The summed E-state index contributed by atoms with van der Waals surface area (Å²) >= 11 is 5.44. The quantitative estimate of drug-likeness (QED) is 0.257. The van der Waals surface area contributed by atoms with Crippen molar-refractivity contribution in [2.75, 3.05) is 6.54 Å². The lowest BCUT2D eigenvalue weighted by molar-refractivity contribution is -0.152. The minimum atomic E-state index is -0.938. The van der Waals surface area contributed by atoms with Gasteiger partial charge in [-0.05, 0) is 73.6 Å². The molecular weight excluding hydrogens is 518 g/mol. The van der Waals surface area contributed by atoms with Crippen molar-refractivity contribution in [1.82, 2.24) is 25.2 Å². The monoisotopic (exact) mass is 541 g/mol. The van der Waals surface area contributed by atoms with E-state index in [-0.39, 0.29) is 17.7 Å². The van der Waals surface area contributed by atoms with Crippen LogP contribution in [0, 0.1) is 35.5 Å². The van der Waals surface area contributed by atoms with Crippen LogP contribution in [0.3, 0.4) is 0 Å². The first-order chi connectivity index (χ1) is 19.0. The topological polar surface area (TPSA) is 125 Å². The Kier molecular flexibility index (Phi) is 7.74. The van der Waals surface area contributed by atoms with Crippen molar-refractivity contribution >= 4 is 40.5 Å². The van der Waals surface area contributed by atoms with E-state index in [4.69, 9.17) is 11.8 Å². The summed E-state index contributed by atoms with van der Waals surface area (Å²) < 4.78 is 0. The highest BCUT2D eigenvalue weighted by molar-refractivity contribution is 6.15. The fourth-order valence-corrected chi connectivity index (χ4v) is 4.85. The van der Waals surface area contributed by atoms with E-state index < -0.39 is 17.9 Å². The number of fused-ring (bicyclic) bond motifs is 1. The summed E-state index contributed by atoms with van der Waals surface area (Å²) in [5.74, 6) is 9.93. The molecule has 9 nitrogen and oxygen atoms in total. The van der Waals surface area contributed by atoms with Gasteiger partial charge in [0.05, 0.1) is 22.7 Å². The smallest absolute Gasteiger partial charge is 0.326 e. The molecule has 2 aromatic heterocycles. The molecule has 1 aliphatic heterocycles. The third-order valence-corrected chi connectivity index (χ3v) is 7.00. The van der Waals surface area contributed by atoms with Gasteiger partial charge in [-0.1, -0.05) is 24.0 Å². The van der Waals surface area contributed by atoms with Crippen LogP contribution in [-0.4, -0.2) is 50.3 Å². The number of pyridine rings is 2. The van der Waals surface area contributed by atoms with Gasteiger partial charge in [0.15, 0.2) is 0 Å². The van der Waals surface area contributed by atoms with Gasteiger partial charge in [0.25, 0.3) is 5.91 Å². The van der Waals surface area contributed by atoms with Crippen molar-refractivity contribution in [1.29, 1.82) is 0 Å². The summed E-state index contributed by atoms with van der Waals surface area (Å²) in [6.07, 6.45) is 5.99. The first kappa shape index (κ1) is 26.2. The van der Waals surface area contributed by atoms with Crippen LogP contribution in [0.5, 0.6) is 0 Å². The molecule has 2 fully saturated rings. The molecule has 2 aliphatic rings. The van der Waals surface area contributed by atoms with Crippen molar-refractivity contribution < 1.29 is 19.5 Å². The predicted octanol–water partition coefficient (Wildman–Crippen LogP) is 3.14. The Morgan fingerprint density at radius 1 is 1.10 bits per heavy atom. The number of halogens is 1. The number of carboxylic acids is 1. The molecule has 1 saturated heterocycles. The van der Waals surface area contributed by atoms with Crippen molar-refractivity contribution in [3.8, 4) is 34.9 Å². The largest absolute Gasteiger partial charge is 0.480 e. The number of amides is 2. The minimum absolute atomic E-state index is 0.0832.